The lowest BCUT2D eigenvalue weighted by Crippen LogP contribution is -2.41. The quantitative estimate of drug-likeness (QED) is 0.326. The average molecular weight is 362 g/mol. The summed E-state index contributed by atoms with van der Waals surface area (Å²) in [7, 11) is 1.51. The van der Waals surface area contributed by atoms with Crippen LogP contribution >= 0.6 is 0 Å². The Labute approximate surface area is 161 Å². The van der Waals surface area contributed by atoms with E-state index in [1.54, 1.807) is 0 Å². The van der Waals surface area contributed by atoms with Crippen molar-refractivity contribution in [1.82, 2.24) is 5.32 Å². The van der Waals surface area contributed by atoms with Gasteiger partial charge in [-0.05, 0) is 64.4 Å². The highest BCUT2D eigenvalue weighted by atomic mass is 16.7. The second kappa shape index (κ2) is 9.23. The van der Waals surface area contributed by atoms with E-state index in [0.29, 0.717) is 12.0 Å². The molecule has 1 saturated carbocycles. The first-order valence-corrected chi connectivity index (χ1v) is 10.1. The normalized spacial score (nSPS) is 23.0. The topological polar surface area (TPSA) is 42.9 Å². The molecule has 4 nitrogen and oxygen atoms in total. The second-order valence-corrected chi connectivity index (χ2v) is 8.12. The molecule has 5 heteroatoms. The SMILES string of the molecule is C/C=C(\C=C(\C(=NC)NC1CC1)C(C)C)B1OC(C)(C)C(C)(C)O1.CC. The number of hydrogen-bond acceptors (Lipinski definition) is 3. The molecule has 0 spiro atoms. The Bertz CT molecular complexity index is 542. The number of nitrogens with zero attached hydrogens (tertiary/aromatic N) is 1. The molecule has 1 saturated heterocycles. The van der Waals surface area contributed by atoms with Crippen LogP contribution in [0.15, 0.2) is 28.2 Å². The van der Waals surface area contributed by atoms with Crippen LogP contribution in [0.5, 0.6) is 0 Å². The summed E-state index contributed by atoms with van der Waals surface area (Å²) in [4.78, 5) is 4.49. The van der Waals surface area contributed by atoms with Crippen molar-refractivity contribution in [3.8, 4) is 0 Å². The van der Waals surface area contributed by atoms with Crippen LogP contribution in [0.3, 0.4) is 0 Å². The first kappa shape index (κ1) is 23.0. The van der Waals surface area contributed by atoms with Gasteiger partial charge in [-0.15, -0.1) is 0 Å². The van der Waals surface area contributed by atoms with Crippen LogP contribution in [0.4, 0.5) is 0 Å². The van der Waals surface area contributed by atoms with Gasteiger partial charge in [0.1, 0.15) is 5.84 Å². The lowest BCUT2D eigenvalue weighted by molar-refractivity contribution is 0.00578. The van der Waals surface area contributed by atoms with E-state index < -0.39 is 0 Å². The van der Waals surface area contributed by atoms with Crippen molar-refractivity contribution in [2.75, 3.05) is 7.05 Å². The average Bonchev–Trinajstić information content (AvgIpc) is 3.35. The maximum atomic E-state index is 6.21. The van der Waals surface area contributed by atoms with Gasteiger partial charge in [0.15, 0.2) is 0 Å². The van der Waals surface area contributed by atoms with Gasteiger partial charge in [-0.3, -0.25) is 4.99 Å². The zero-order valence-corrected chi connectivity index (χ0v) is 18.6. The number of rotatable bonds is 5. The molecule has 0 bridgehead atoms. The highest BCUT2D eigenvalue weighted by molar-refractivity contribution is 6.55. The predicted molar refractivity (Wildman–Crippen MR) is 114 cm³/mol. The lowest BCUT2D eigenvalue weighted by Gasteiger charge is -2.32. The number of allylic oxidation sites excluding steroid dienone is 3. The molecule has 1 N–H and O–H groups in total. The molecule has 1 heterocycles. The molecule has 0 atom stereocenters. The van der Waals surface area contributed by atoms with E-state index in [4.69, 9.17) is 9.31 Å². The zero-order valence-electron chi connectivity index (χ0n) is 18.6. The molecule has 1 aliphatic carbocycles. The summed E-state index contributed by atoms with van der Waals surface area (Å²) in [6.45, 7) is 18.8. The van der Waals surface area contributed by atoms with E-state index in [0.717, 1.165) is 11.3 Å². The standard InChI is InChI=1S/C19H33BN2O2.C2H6/c1-9-14(20-23-18(4,5)19(6,7)24-20)12-16(13(2)3)17(21-8)22-15-10-11-15;1-2/h9,12-13,15H,10-11H2,1-8H3,(H,21,22);1-2H3/b14-9+,16-12+;. The number of aliphatic imine (C=N–C) groups is 1. The monoisotopic (exact) mass is 362 g/mol. The zero-order chi connectivity index (χ0) is 20.1. The minimum absolute atomic E-state index is 0.328. The van der Waals surface area contributed by atoms with Crippen molar-refractivity contribution in [2.45, 2.75) is 92.4 Å². The first-order chi connectivity index (χ1) is 12.1. The summed E-state index contributed by atoms with van der Waals surface area (Å²) in [5, 5.41) is 3.55. The Hall–Kier alpha value is -1.07. The smallest absolute Gasteiger partial charge is 0.399 e. The second-order valence-electron chi connectivity index (χ2n) is 8.12. The Kier molecular flexibility index (Phi) is 8.16. The number of hydrogen-bond donors (Lipinski definition) is 1. The molecule has 0 aromatic rings. The van der Waals surface area contributed by atoms with E-state index in [1.807, 2.05) is 27.8 Å². The van der Waals surface area contributed by atoms with Gasteiger partial charge in [0.2, 0.25) is 0 Å². The van der Waals surface area contributed by atoms with Gasteiger partial charge >= 0.3 is 7.12 Å². The summed E-state index contributed by atoms with van der Waals surface area (Å²) in [6.07, 6.45) is 6.73. The summed E-state index contributed by atoms with van der Waals surface area (Å²) >= 11 is 0. The molecule has 1 aliphatic heterocycles. The molecule has 0 radical (unpaired) electrons. The summed E-state index contributed by atoms with van der Waals surface area (Å²) < 4.78 is 12.4. The molecule has 2 rings (SSSR count). The van der Waals surface area contributed by atoms with Crippen LogP contribution in [0.1, 0.15) is 75.2 Å². The molecule has 2 fully saturated rings. The van der Waals surface area contributed by atoms with E-state index >= 15 is 0 Å². The highest BCUT2D eigenvalue weighted by Gasteiger charge is 2.52. The fraction of sp³-hybridized carbons (Fsp3) is 0.762. The summed E-state index contributed by atoms with van der Waals surface area (Å²) in [5.74, 6) is 1.36. The Morgan fingerprint density at radius 3 is 1.96 bits per heavy atom. The Morgan fingerprint density at radius 2 is 1.62 bits per heavy atom. The van der Waals surface area contributed by atoms with E-state index in [-0.39, 0.29) is 18.3 Å². The molecule has 0 aromatic heterocycles. The third-order valence-electron chi connectivity index (χ3n) is 5.22. The van der Waals surface area contributed by atoms with Gasteiger partial charge in [0.25, 0.3) is 0 Å². The van der Waals surface area contributed by atoms with Crippen LogP contribution in [-0.2, 0) is 9.31 Å². The molecule has 0 aromatic carbocycles. The first-order valence-electron chi connectivity index (χ1n) is 10.1. The van der Waals surface area contributed by atoms with E-state index in [1.165, 1.54) is 18.4 Å². The van der Waals surface area contributed by atoms with Gasteiger partial charge < -0.3 is 14.6 Å². The maximum Gasteiger partial charge on any atom is 0.494 e. The highest BCUT2D eigenvalue weighted by Crippen LogP contribution is 2.39. The largest absolute Gasteiger partial charge is 0.494 e. The lowest BCUT2D eigenvalue weighted by atomic mass is 9.76. The van der Waals surface area contributed by atoms with Crippen LogP contribution in [0.2, 0.25) is 0 Å². The fourth-order valence-corrected chi connectivity index (χ4v) is 2.65. The van der Waals surface area contributed by atoms with Crippen LogP contribution < -0.4 is 5.32 Å². The van der Waals surface area contributed by atoms with Crippen molar-refractivity contribution in [1.29, 1.82) is 0 Å². The molecule has 0 amide bonds. The maximum absolute atomic E-state index is 6.21. The Morgan fingerprint density at radius 1 is 1.12 bits per heavy atom. The van der Waals surface area contributed by atoms with E-state index in [2.05, 4.69) is 64.0 Å². The van der Waals surface area contributed by atoms with Crippen molar-refractivity contribution in [3.63, 3.8) is 0 Å². The van der Waals surface area contributed by atoms with Crippen LogP contribution in [-0.4, -0.2) is 37.2 Å². The number of amidine groups is 1. The van der Waals surface area contributed by atoms with Gasteiger partial charge in [-0.1, -0.05) is 39.8 Å². The van der Waals surface area contributed by atoms with Gasteiger partial charge in [-0.25, -0.2) is 0 Å². The van der Waals surface area contributed by atoms with Gasteiger partial charge in [0.05, 0.1) is 11.2 Å². The third-order valence-corrected chi connectivity index (χ3v) is 5.22. The third kappa shape index (κ3) is 5.47. The van der Waals surface area contributed by atoms with E-state index in [9.17, 15) is 0 Å². The van der Waals surface area contributed by atoms with Crippen molar-refractivity contribution < 1.29 is 9.31 Å². The van der Waals surface area contributed by atoms with Crippen LogP contribution in [0.25, 0.3) is 0 Å². The molecule has 0 unspecified atom stereocenters. The Balaban J connectivity index is 0.00000163. The summed E-state index contributed by atoms with van der Waals surface area (Å²) in [5.41, 5.74) is 1.60. The molecule has 2 aliphatic rings. The molecule has 148 valence electrons. The van der Waals surface area contributed by atoms with Gasteiger partial charge in [-0.2, -0.15) is 0 Å². The van der Waals surface area contributed by atoms with Crippen LogP contribution in [0, 0.1) is 5.92 Å². The van der Waals surface area contributed by atoms with Crippen molar-refractivity contribution >= 4 is 13.0 Å². The van der Waals surface area contributed by atoms with Gasteiger partial charge in [0, 0.05) is 13.1 Å². The van der Waals surface area contributed by atoms with Crippen molar-refractivity contribution in [2.24, 2.45) is 10.9 Å². The molecule has 26 heavy (non-hydrogen) atoms. The minimum Gasteiger partial charge on any atom is -0.399 e. The molecular weight excluding hydrogens is 323 g/mol. The number of nitrogens with one attached hydrogen (secondary N) is 1. The summed E-state index contributed by atoms with van der Waals surface area (Å²) in [6, 6.07) is 0.580. The molecular formula is C21H39BN2O2. The predicted octanol–water partition coefficient (Wildman–Crippen LogP) is 4.95. The fourth-order valence-electron chi connectivity index (χ4n) is 2.65. The van der Waals surface area contributed by atoms with Crippen molar-refractivity contribution in [3.05, 3.63) is 23.2 Å². The minimum atomic E-state index is -0.340.